The van der Waals surface area contributed by atoms with Crippen LogP contribution in [0.2, 0.25) is 0 Å². The third-order valence-electron chi connectivity index (χ3n) is 6.57. The summed E-state index contributed by atoms with van der Waals surface area (Å²) in [4.78, 5) is 28.3. The van der Waals surface area contributed by atoms with E-state index in [1.165, 1.54) is 0 Å². The summed E-state index contributed by atoms with van der Waals surface area (Å²) in [5, 5.41) is 8.69. The predicted molar refractivity (Wildman–Crippen MR) is 127 cm³/mol. The Morgan fingerprint density at radius 3 is 2.80 bits per heavy atom. The highest BCUT2D eigenvalue weighted by Crippen LogP contribution is 2.54. The number of urea groups is 1. The molecule has 3 amide bonds. The number of benzene rings is 2. The Morgan fingerprint density at radius 2 is 1.97 bits per heavy atom. The lowest BCUT2D eigenvalue weighted by Gasteiger charge is -2.19. The fraction of sp³-hybridized carbons (Fsp3) is 0.269. The van der Waals surface area contributed by atoms with E-state index in [0.717, 1.165) is 28.2 Å². The zero-order valence-corrected chi connectivity index (χ0v) is 19.0. The number of hydrogen-bond donors (Lipinski definition) is 3. The van der Waals surface area contributed by atoms with Gasteiger partial charge in [0, 0.05) is 30.3 Å². The first-order valence-electron chi connectivity index (χ1n) is 11.5. The first kappa shape index (κ1) is 21.3. The monoisotopic (exact) mass is 472 g/mol. The van der Waals surface area contributed by atoms with Crippen molar-refractivity contribution in [1.82, 2.24) is 15.6 Å². The van der Waals surface area contributed by atoms with Crippen LogP contribution in [-0.4, -0.2) is 36.2 Å². The van der Waals surface area contributed by atoms with Crippen LogP contribution in [0.15, 0.2) is 54.7 Å². The number of nitrogens with one attached hydrogen (secondary N) is 3. The van der Waals surface area contributed by atoms with Crippen molar-refractivity contribution >= 4 is 17.8 Å². The van der Waals surface area contributed by atoms with Crippen molar-refractivity contribution in [2.45, 2.75) is 37.5 Å². The molecule has 3 heterocycles. The molecular weight excluding hydrogens is 448 g/mol. The summed E-state index contributed by atoms with van der Waals surface area (Å²) >= 11 is 0. The second kappa shape index (κ2) is 8.50. The Kier molecular flexibility index (Phi) is 5.17. The fourth-order valence-corrected chi connectivity index (χ4v) is 4.68. The topological polar surface area (TPSA) is 111 Å². The third kappa shape index (κ3) is 4.09. The van der Waals surface area contributed by atoms with E-state index in [1.807, 2.05) is 42.5 Å². The van der Waals surface area contributed by atoms with E-state index in [4.69, 9.17) is 14.2 Å². The van der Waals surface area contributed by atoms with Gasteiger partial charge in [0.1, 0.15) is 34.9 Å². The highest BCUT2D eigenvalue weighted by Gasteiger charge is 2.59. The van der Waals surface area contributed by atoms with Crippen molar-refractivity contribution in [2.75, 3.05) is 12.4 Å². The highest BCUT2D eigenvalue weighted by atomic mass is 16.5. The minimum atomic E-state index is -0.233. The van der Waals surface area contributed by atoms with E-state index in [-0.39, 0.29) is 30.0 Å². The molecule has 178 valence electrons. The van der Waals surface area contributed by atoms with Gasteiger partial charge in [0.2, 0.25) is 5.91 Å². The van der Waals surface area contributed by atoms with Gasteiger partial charge < -0.3 is 30.2 Å². The quantitative estimate of drug-likeness (QED) is 0.507. The zero-order valence-electron chi connectivity index (χ0n) is 19.0. The van der Waals surface area contributed by atoms with Gasteiger partial charge in [-0.1, -0.05) is 12.1 Å². The molecule has 9 nitrogen and oxygen atoms in total. The smallest absolute Gasteiger partial charge is 0.315 e. The highest BCUT2D eigenvalue weighted by molar-refractivity contribution is 5.93. The van der Waals surface area contributed by atoms with E-state index in [0.29, 0.717) is 36.7 Å². The molecule has 1 aromatic heterocycles. The average Bonchev–Trinajstić information content (AvgIpc) is 3.39. The molecule has 6 rings (SSSR count). The molecule has 1 saturated carbocycles. The van der Waals surface area contributed by atoms with Gasteiger partial charge >= 0.3 is 6.03 Å². The maximum absolute atomic E-state index is 12.4. The van der Waals surface area contributed by atoms with Crippen LogP contribution in [0.25, 0.3) is 0 Å². The summed E-state index contributed by atoms with van der Waals surface area (Å²) in [5.74, 6) is 3.54. The summed E-state index contributed by atoms with van der Waals surface area (Å²) in [6, 6.07) is 14.8. The lowest BCUT2D eigenvalue weighted by molar-refractivity contribution is -0.116. The molecular formula is C26H24N4O5. The van der Waals surface area contributed by atoms with Gasteiger partial charge in [-0.15, -0.1) is 0 Å². The lowest BCUT2D eigenvalue weighted by atomic mass is 10.1. The summed E-state index contributed by atoms with van der Waals surface area (Å²) in [6.45, 7) is 0.421. The van der Waals surface area contributed by atoms with Gasteiger partial charge in [-0.25, -0.2) is 9.78 Å². The van der Waals surface area contributed by atoms with E-state index in [9.17, 15) is 9.59 Å². The van der Waals surface area contributed by atoms with Gasteiger partial charge in [-0.05, 0) is 48.4 Å². The lowest BCUT2D eigenvalue weighted by Crippen LogP contribution is -2.38. The Hall–Kier alpha value is -4.27. The van der Waals surface area contributed by atoms with Crippen molar-refractivity contribution in [3.63, 3.8) is 0 Å². The Bertz CT molecular complexity index is 1310. The number of aromatic nitrogens is 1. The number of anilines is 1. The van der Waals surface area contributed by atoms with E-state index < -0.39 is 0 Å². The molecule has 0 spiro atoms. The van der Waals surface area contributed by atoms with Crippen LogP contribution in [0, 0.1) is 0 Å². The Morgan fingerprint density at radius 1 is 1.14 bits per heavy atom. The first-order valence-corrected chi connectivity index (χ1v) is 11.5. The maximum Gasteiger partial charge on any atom is 0.315 e. The second-order valence-corrected chi connectivity index (χ2v) is 8.80. The number of carbonyl (C=O) groups excluding carboxylic acids is 2. The minimum absolute atomic E-state index is 0.0387. The van der Waals surface area contributed by atoms with Crippen LogP contribution < -0.4 is 30.2 Å². The standard InChI is InChI=1S/C26H24N4O5/c1-33-15-4-2-14(3-5-15)13-28-26(32)30-23-22-18-12-16(6-8-19(18)35-24(22)23)34-20-10-11-27-25-17(20)7-9-21(31)29-25/h2-6,8,10-12,22-24H,7,9,13H2,1H3,(H,27,29,31)(H2,28,30,32)/t22-,23-,24-/m0/s1. The van der Waals surface area contributed by atoms with Crippen LogP contribution in [0.4, 0.5) is 10.6 Å². The van der Waals surface area contributed by atoms with Gasteiger partial charge in [0.25, 0.3) is 0 Å². The number of amides is 3. The van der Waals surface area contributed by atoms with Crippen molar-refractivity contribution in [3.05, 3.63) is 71.4 Å². The first-order chi connectivity index (χ1) is 17.1. The van der Waals surface area contributed by atoms with E-state index in [2.05, 4.69) is 20.9 Å². The van der Waals surface area contributed by atoms with Crippen LogP contribution in [0.3, 0.4) is 0 Å². The number of pyridine rings is 1. The third-order valence-corrected chi connectivity index (χ3v) is 6.57. The van der Waals surface area contributed by atoms with Gasteiger partial charge in [-0.2, -0.15) is 0 Å². The summed E-state index contributed by atoms with van der Waals surface area (Å²) in [7, 11) is 1.62. The molecule has 3 N–H and O–H groups in total. The average molecular weight is 473 g/mol. The molecule has 1 aliphatic carbocycles. The molecule has 0 unspecified atom stereocenters. The molecule has 2 aliphatic heterocycles. The molecule has 3 aromatic rings. The number of ether oxygens (including phenoxy) is 3. The van der Waals surface area contributed by atoms with Crippen LogP contribution in [0.5, 0.6) is 23.0 Å². The molecule has 35 heavy (non-hydrogen) atoms. The fourth-order valence-electron chi connectivity index (χ4n) is 4.68. The van der Waals surface area contributed by atoms with Crippen LogP contribution in [-0.2, 0) is 17.8 Å². The van der Waals surface area contributed by atoms with Crippen molar-refractivity contribution < 1.29 is 23.8 Å². The minimum Gasteiger partial charge on any atom is -0.497 e. The summed E-state index contributed by atoms with van der Waals surface area (Å²) in [5.41, 5.74) is 2.89. The normalized spacial score (nSPS) is 20.9. The molecule has 0 radical (unpaired) electrons. The van der Waals surface area contributed by atoms with Gasteiger partial charge in [0.05, 0.1) is 19.1 Å². The number of nitrogens with zero attached hydrogens (tertiary/aromatic N) is 1. The maximum atomic E-state index is 12.4. The molecule has 9 heteroatoms. The van der Waals surface area contributed by atoms with Crippen molar-refractivity contribution in [3.8, 4) is 23.0 Å². The van der Waals surface area contributed by atoms with E-state index in [1.54, 1.807) is 19.4 Å². The molecule has 3 aliphatic rings. The largest absolute Gasteiger partial charge is 0.497 e. The van der Waals surface area contributed by atoms with Crippen LogP contribution >= 0.6 is 0 Å². The second-order valence-electron chi connectivity index (χ2n) is 8.80. The van der Waals surface area contributed by atoms with E-state index >= 15 is 0 Å². The zero-order chi connectivity index (χ0) is 23.9. The van der Waals surface area contributed by atoms with Crippen molar-refractivity contribution in [2.24, 2.45) is 0 Å². The molecule has 3 atom stereocenters. The Labute approximate surface area is 201 Å². The SMILES string of the molecule is COc1ccc(CNC(=O)N[C@@H]2[C@H]3Oc4ccc(Oc5ccnc6c5CCC(=O)N6)cc4[C@@H]23)cc1. The van der Waals surface area contributed by atoms with Gasteiger partial charge in [0.15, 0.2) is 0 Å². The number of methoxy groups -OCH3 is 1. The molecule has 2 aromatic carbocycles. The van der Waals surface area contributed by atoms with Crippen molar-refractivity contribution in [1.29, 1.82) is 0 Å². The summed E-state index contributed by atoms with van der Waals surface area (Å²) < 4.78 is 17.3. The molecule has 0 bridgehead atoms. The Balaban J connectivity index is 1.09. The summed E-state index contributed by atoms with van der Waals surface area (Å²) in [6.07, 6.45) is 2.54. The van der Waals surface area contributed by atoms with Crippen LogP contribution in [0.1, 0.15) is 29.0 Å². The molecule has 1 fully saturated rings. The van der Waals surface area contributed by atoms with Gasteiger partial charge in [-0.3, -0.25) is 4.79 Å². The number of carbonyl (C=O) groups is 2. The number of fused-ring (bicyclic) bond motifs is 4. The molecule has 0 saturated heterocycles. The predicted octanol–water partition coefficient (Wildman–Crippen LogP) is 3.49. The number of hydrogen-bond acceptors (Lipinski definition) is 6. The number of rotatable bonds is 6.